The van der Waals surface area contributed by atoms with Gasteiger partial charge in [-0.3, -0.25) is 0 Å². The Kier molecular flexibility index (Phi) is 6.52. The van der Waals surface area contributed by atoms with Crippen molar-refractivity contribution < 1.29 is 4.74 Å². The van der Waals surface area contributed by atoms with Crippen LogP contribution >= 0.6 is 11.6 Å². The van der Waals surface area contributed by atoms with E-state index < -0.39 is 0 Å². The maximum atomic E-state index is 5.91. The fourth-order valence-electron chi connectivity index (χ4n) is 2.54. The van der Waals surface area contributed by atoms with E-state index >= 15 is 0 Å². The van der Waals surface area contributed by atoms with Crippen LogP contribution in [0.4, 0.5) is 0 Å². The van der Waals surface area contributed by atoms with Gasteiger partial charge in [0.15, 0.2) is 0 Å². The number of benzene rings is 1. The molecular formula is C16H24ClNO. The van der Waals surface area contributed by atoms with E-state index in [-0.39, 0.29) is 0 Å². The van der Waals surface area contributed by atoms with Crippen LogP contribution in [0, 0.1) is 0 Å². The first-order valence-corrected chi connectivity index (χ1v) is 7.83. The number of ether oxygens (including phenoxy) is 1. The van der Waals surface area contributed by atoms with Crippen molar-refractivity contribution in [1.82, 2.24) is 4.90 Å². The first-order chi connectivity index (χ1) is 9.34. The van der Waals surface area contributed by atoms with Gasteiger partial charge in [0, 0.05) is 5.02 Å². The van der Waals surface area contributed by atoms with Gasteiger partial charge in [-0.25, -0.2) is 0 Å². The SMILES string of the molecule is Clc1cccc(OCCCCCN2CCCCC2)c1. The van der Waals surface area contributed by atoms with Gasteiger partial charge in [-0.05, 0) is 69.9 Å². The summed E-state index contributed by atoms with van der Waals surface area (Å²) in [5.74, 6) is 0.878. The van der Waals surface area contributed by atoms with E-state index in [4.69, 9.17) is 16.3 Å². The Hall–Kier alpha value is -0.730. The number of likely N-dealkylation sites (tertiary alicyclic amines) is 1. The van der Waals surface area contributed by atoms with E-state index in [0.717, 1.165) is 23.8 Å². The molecule has 1 saturated heterocycles. The average molecular weight is 282 g/mol. The molecule has 1 aromatic carbocycles. The van der Waals surface area contributed by atoms with Crippen LogP contribution in [-0.2, 0) is 0 Å². The van der Waals surface area contributed by atoms with Crippen molar-refractivity contribution in [3.63, 3.8) is 0 Å². The molecule has 1 aromatic rings. The minimum absolute atomic E-state index is 0.739. The van der Waals surface area contributed by atoms with E-state index in [1.165, 1.54) is 51.7 Å². The van der Waals surface area contributed by atoms with E-state index in [1.807, 2.05) is 24.3 Å². The number of unbranched alkanes of at least 4 members (excludes halogenated alkanes) is 2. The molecule has 0 unspecified atom stereocenters. The molecule has 0 spiro atoms. The molecule has 1 aliphatic heterocycles. The van der Waals surface area contributed by atoms with Crippen molar-refractivity contribution in [2.75, 3.05) is 26.2 Å². The van der Waals surface area contributed by atoms with Crippen molar-refractivity contribution in [3.8, 4) is 5.75 Å². The minimum Gasteiger partial charge on any atom is -0.494 e. The fourth-order valence-corrected chi connectivity index (χ4v) is 2.72. The predicted molar refractivity (Wildman–Crippen MR) is 81.1 cm³/mol. The number of hydrogen-bond donors (Lipinski definition) is 0. The third kappa shape index (κ3) is 5.84. The molecule has 0 bridgehead atoms. The van der Waals surface area contributed by atoms with Crippen LogP contribution in [0.15, 0.2) is 24.3 Å². The topological polar surface area (TPSA) is 12.5 Å². The summed E-state index contributed by atoms with van der Waals surface area (Å²) in [6.07, 6.45) is 7.86. The van der Waals surface area contributed by atoms with Gasteiger partial charge >= 0.3 is 0 Å². The normalized spacial score (nSPS) is 16.5. The summed E-state index contributed by atoms with van der Waals surface area (Å²) in [6, 6.07) is 7.62. The number of hydrogen-bond acceptors (Lipinski definition) is 2. The first kappa shape index (κ1) is 14.7. The Morgan fingerprint density at radius 1 is 1.05 bits per heavy atom. The molecule has 0 radical (unpaired) electrons. The second kappa shape index (κ2) is 8.44. The Labute approximate surface area is 121 Å². The molecule has 1 aliphatic rings. The lowest BCUT2D eigenvalue weighted by atomic mass is 10.1. The summed E-state index contributed by atoms with van der Waals surface area (Å²) >= 11 is 5.91. The summed E-state index contributed by atoms with van der Waals surface area (Å²) in [6.45, 7) is 4.66. The van der Waals surface area contributed by atoms with Gasteiger partial charge in [0.25, 0.3) is 0 Å². The Bertz CT molecular complexity index is 364. The molecule has 106 valence electrons. The van der Waals surface area contributed by atoms with Gasteiger partial charge in [-0.2, -0.15) is 0 Å². The van der Waals surface area contributed by atoms with Crippen LogP contribution in [-0.4, -0.2) is 31.1 Å². The van der Waals surface area contributed by atoms with Crippen molar-refractivity contribution >= 4 is 11.6 Å². The average Bonchev–Trinajstić information content (AvgIpc) is 2.44. The Morgan fingerprint density at radius 3 is 2.68 bits per heavy atom. The van der Waals surface area contributed by atoms with Crippen molar-refractivity contribution in [2.24, 2.45) is 0 Å². The second-order valence-electron chi connectivity index (χ2n) is 5.27. The molecule has 0 saturated carbocycles. The molecule has 0 N–H and O–H groups in total. The fraction of sp³-hybridized carbons (Fsp3) is 0.625. The number of piperidine rings is 1. The van der Waals surface area contributed by atoms with Crippen LogP contribution in [0.5, 0.6) is 5.75 Å². The van der Waals surface area contributed by atoms with Gasteiger partial charge < -0.3 is 9.64 Å². The maximum absolute atomic E-state index is 5.91. The van der Waals surface area contributed by atoms with E-state index in [0.29, 0.717) is 0 Å². The van der Waals surface area contributed by atoms with Crippen LogP contribution < -0.4 is 4.74 Å². The zero-order valence-electron chi connectivity index (χ0n) is 11.6. The van der Waals surface area contributed by atoms with Crippen molar-refractivity contribution in [3.05, 3.63) is 29.3 Å². The summed E-state index contributed by atoms with van der Waals surface area (Å²) in [4.78, 5) is 2.60. The number of nitrogens with zero attached hydrogens (tertiary/aromatic N) is 1. The largest absolute Gasteiger partial charge is 0.494 e. The molecule has 0 amide bonds. The lowest BCUT2D eigenvalue weighted by Crippen LogP contribution is -2.30. The van der Waals surface area contributed by atoms with Crippen molar-refractivity contribution in [1.29, 1.82) is 0 Å². The zero-order chi connectivity index (χ0) is 13.3. The van der Waals surface area contributed by atoms with Crippen LogP contribution in [0.2, 0.25) is 5.02 Å². The highest BCUT2D eigenvalue weighted by Gasteiger charge is 2.08. The monoisotopic (exact) mass is 281 g/mol. The lowest BCUT2D eigenvalue weighted by molar-refractivity contribution is 0.221. The molecular weight excluding hydrogens is 258 g/mol. The Balaban J connectivity index is 1.50. The molecule has 0 aliphatic carbocycles. The third-order valence-corrected chi connectivity index (χ3v) is 3.87. The molecule has 1 heterocycles. The Morgan fingerprint density at radius 2 is 1.89 bits per heavy atom. The molecule has 2 nitrogen and oxygen atoms in total. The molecule has 3 heteroatoms. The van der Waals surface area contributed by atoms with Crippen molar-refractivity contribution in [2.45, 2.75) is 38.5 Å². The predicted octanol–water partition coefficient (Wildman–Crippen LogP) is 4.38. The molecule has 2 rings (SSSR count). The number of halogens is 1. The zero-order valence-corrected chi connectivity index (χ0v) is 12.4. The standard InChI is InChI=1S/C16H24ClNO/c17-15-8-7-9-16(14-15)19-13-6-2-5-12-18-10-3-1-4-11-18/h7-9,14H,1-6,10-13H2. The van der Waals surface area contributed by atoms with E-state index in [2.05, 4.69) is 4.90 Å². The van der Waals surface area contributed by atoms with Crippen LogP contribution in [0.25, 0.3) is 0 Å². The van der Waals surface area contributed by atoms with E-state index in [1.54, 1.807) is 0 Å². The summed E-state index contributed by atoms with van der Waals surface area (Å²) in [5, 5.41) is 0.739. The number of rotatable bonds is 7. The van der Waals surface area contributed by atoms with Gasteiger partial charge in [0.05, 0.1) is 6.61 Å². The summed E-state index contributed by atoms with van der Waals surface area (Å²) in [5.41, 5.74) is 0. The quantitative estimate of drug-likeness (QED) is 0.688. The first-order valence-electron chi connectivity index (χ1n) is 7.45. The van der Waals surface area contributed by atoms with E-state index in [9.17, 15) is 0 Å². The molecule has 0 atom stereocenters. The molecule has 1 fully saturated rings. The van der Waals surface area contributed by atoms with Crippen LogP contribution in [0.3, 0.4) is 0 Å². The highest BCUT2D eigenvalue weighted by atomic mass is 35.5. The second-order valence-corrected chi connectivity index (χ2v) is 5.71. The molecule has 0 aromatic heterocycles. The lowest BCUT2D eigenvalue weighted by Gasteiger charge is -2.26. The van der Waals surface area contributed by atoms with Gasteiger partial charge in [0.2, 0.25) is 0 Å². The highest BCUT2D eigenvalue weighted by Crippen LogP contribution is 2.17. The summed E-state index contributed by atoms with van der Waals surface area (Å²) < 4.78 is 5.68. The molecule has 19 heavy (non-hydrogen) atoms. The highest BCUT2D eigenvalue weighted by molar-refractivity contribution is 6.30. The smallest absolute Gasteiger partial charge is 0.120 e. The summed E-state index contributed by atoms with van der Waals surface area (Å²) in [7, 11) is 0. The van der Waals surface area contributed by atoms with Crippen LogP contribution in [0.1, 0.15) is 38.5 Å². The third-order valence-electron chi connectivity index (χ3n) is 3.63. The minimum atomic E-state index is 0.739. The van der Waals surface area contributed by atoms with Gasteiger partial charge in [0.1, 0.15) is 5.75 Å². The van der Waals surface area contributed by atoms with Gasteiger partial charge in [-0.15, -0.1) is 0 Å². The maximum Gasteiger partial charge on any atom is 0.120 e. The van der Waals surface area contributed by atoms with Gasteiger partial charge in [-0.1, -0.05) is 24.1 Å².